The lowest BCUT2D eigenvalue weighted by atomic mass is 10.1. The highest BCUT2D eigenvalue weighted by Gasteiger charge is 2.32. The van der Waals surface area contributed by atoms with E-state index < -0.39 is 5.25 Å². The average Bonchev–Trinajstić information content (AvgIpc) is 2.94. The number of aryl methyl sites for hydroxylation is 3. The van der Waals surface area contributed by atoms with Crippen LogP contribution < -0.4 is 10.6 Å². The second-order valence-corrected chi connectivity index (χ2v) is 8.06. The van der Waals surface area contributed by atoms with Gasteiger partial charge in [0.1, 0.15) is 5.25 Å². The van der Waals surface area contributed by atoms with Crippen molar-refractivity contribution in [2.75, 3.05) is 5.32 Å². The summed E-state index contributed by atoms with van der Waals surface area (Å²) >= 11 is 7.37. The van der Waals surface area contributed by atoms with Crippen molar-refractivity contribution in [1.82, 2.24) is 5.32 Å². The van der Waals surface area contributed by atoms with E-state index in [1.54, 1.807) is 6.07 Å². The molecule has 5 nitrogen and oxygen atoms in total. The summed E-state index contributed by atoms with van der Waals surface area (Å²) in [4.78, 5) is 29.0. The van der Waals surface area contributed by atoms with Crippen molar-refractivity contribution < 1.29 is 9.59 Å². The molecule has 2 amide bonds. The van der Waals surface area contributed by atoms with Gasteiger partial charge in [-0.1, -0.05) is 47.6 Å². The minimum Gasteiger partial charge on any atom is -0.326 e. The molecule has 0 bridgehead atoms. The number of anilines is 1. The van der Waals surface area contributed by atoms with Gasteiger partial charge in [0, 0.05) is 17.1 Å². The van der Waals surface area contributed by atoms with E-state index in [2.05, 4.69) is 15.6 Å². The molecule has 7 heteroatoms. The molecule has 27 heavy (non-hydrogen) atoms. The summed E-state index contributed by atoms with van der Waals surface area (Å²) in [6.07, 6.45) is 0.0813. The third kappa shape index (κ3) is 4.70. The Balaban J connectivity index is 1.66. The molecule has 140 valence electrons. The molecule has 1 atom stereocenters. The van der Waals surface area contributed by atoms with Crippen LogP contribution in [0.2, 0.25) is 5.02 Å². The van der Waals surface area contributed by atoms with Crippen LogP contribution in [0.15, 0.2) is 41.4 Å². The molecule has 0 aliphatic carbocycles. The van der Waals surface area contributed by atoms with Crippen molar-refractivity contribution in [1.29, 1.82) is 0 Å². The lowest BCUT2D eigenvalue weighted by Gasteiger charge is -2.12. The Morgan fingerprint density at radius 2 is 1.89 bits per heavy atom. The highest BCUT2D eigenvalue weighted by atomic mass is 35.5. The van der Waals surface area contributed by atoms with Crippen molar-refractivity contribution in [3.05, 3.63) is 58.1 Å². The van der Waals surface area contributed by atoms with Gasteiger partial charge in [0.25, 0.3) is 0 Å². The molecule has 2 aromatic carbocycles. The molecule has 2 N–H and O–H groups in total. The number of rotatable bonds is 4. The predicted molar refractivity (Wildman–Crippen MR) is 112 cm³/mol. The number of amidine groups is 1. The quantitative estimate of drug-likeness (QED) is 0.791. The fourth-order valence-electron chi connectivity index (χ4n) is 2.73. The first-order valence-electron chi connectivity index (χ1n) is 8.52. The van der Waals surface area contributed by atoms with Crippen LogP contribution in [0.3, 0.4) is 0 Å². The smallest absolute Gasteiger partial charge is 0.240 e. The third-order valence-electron chi connectivity index (χ3n) is 4.28. The lowest BCUT2D eigenvalue weighted by molar-refractivity contribution is -0.122. The maximum Gasteiger partial charge on any atom is 0.240 e. The molecule has 0 radical (unpaired) electrons. The number of nitrogens with one attached hydrogen (secondary N) is 2. The van der Waals surface area contributed by atoms with E-state index in [1.807, 2.05) is 51.1 Å². The van der Waals surface area contributed by atoms with Crippen LogP contribution in [0.1, 0.15) is 23.1 Å². The molecule has 0 aromatic heterocycles. The second-order valence-electron chi connectivity index (χ2n) is 6.47. The molecule has 0 spiro atoms. The van der Waals surface area contributed by atoms with Crippen LogP contribution >= 0.6 is 23.4 Å². The largest absolute Gasteiger partial charge is 0.326 e. The Bertz CT molecular complexity index is 923. The van der Waals surface area contributed by atoms with Gasteiger partial charge in [-0.2, -0.15) is 0 Å². The van der Waals surface area contributed by atoms with Gasteiger partial charge in [-0.15, -0.1) is 0 Å². The van der Waals surface area contributed by atoms with Crippen LogP contribution in [0.25, 0.3) is 0 Å². The van der Waals surface area contributed by atoms with Gasteiger partial charge in [0.15, 0.2) is 5.17 Å². The lowest BCUT2D eigenvalue weighted by Crippen LogP contribution is -2.28. The zero-order chi connectivity index (χ0) is 19.6. The molecule has 0 saturated carbocycles. The Hall–Kier alpha value is -2.31. The number of aliphatic imine (C=N–C) groups is 1. The number of carbonyl (C=O) groups is 2. The first-order valence-corrected chi connectivity index (χ1v) is 9.77. The molecule has 1 saturated heterocycles. The fraction of sp³-hybridized carbons (Fsp3) is 0.250. The summed E-state index contributed by atoms with van der Waals surface area (Å²) in [7, 11) is 0. The number of para-hydroxylation sites is 1. The van der Waals surface area contributed by atoms with Crippen LogP contribution in [-0.4, -0.2) is 22.2 Å². The normalized spacial score (nSPS) is 17.9. The van der Waals surface area contributed by atoms with E-state index in [0.717, 1.165) is 22.4 Å². The number of hydrogen-bond donors (Lipinski definition) is 2. The Morgan fingerprint density at radius 3 is 2.56 bits per heavy atom. The van der Waals surface area contributed by atoms with E-state index in [-0.39, 0.29) is 18.2 Å². The molecular weight excluding hydrogens is 382 g/mol. The van der Waals surface area contributed by atoms with Crippen molar-refractivity contribution in [2.24, 2.45) is 4.99 Å². The number of benzene rings is 2. The summed E-state index contributed by atoms with van der Waals surface area (Å²) < 4.78 is 0. The maximum atomic E-state index is 12.4. The zero-order valence-electron chi connectivity index (χ0n) is 15.3. The van der Waals surface area contributed by atoms with Crippen molar-refractivity contribution in [3.63, 3.8) is 0 Å². The topological polar surface area (TPSA) is 70.6 Å². The van der Waals surface area contributed by atoms with E-state index in [4.69, 9.17) is 11.6 Å². The van der Waals surface area contributed by atoms with E-state index in [0.29, 0.717) is 15.9 Å². The van der Waals surface area contributed by atoms with Crippen molar-refractivity contribution in [2.45, 2.75) is 32.4 Å². The van der Waals surface area contributed by atoms with Gasteiger partial charge in [0.05, 0.1) is 5.69 Å². The summed E-state index contributed by atoms with van der Waals surface area (Å²) in [5.74, 6) is -0.409. The molecule has 2 aromatic rings. The standard InChI is InChI=1S/C20H20ClN3O2S/c1-11-7-8-14(9-15(11)21)22-20-24-19(26)16(27-20)10-17(25)23-18-12(2)5-4-6-13(18)3/h4-9,16H,10H2,1-3H3,(H,23,25)(H,22,24,26)/t16-/m0/s1. The van der Waals surface area contributed by atoms with Crippen LogP contribution in [0.4, 0.5) is 11.4 Å². The SMILES string of the molecule is Cc1ccc(N=C2NC(=O)[C@H](CC(=O)Nc3c(C)cccc3C)S2)cc1Cl. The van der Waals surface area contributed by atoms with E-state index in [9.17, 15) is 9.59 Å². The predicted octanol–water partition coefficient (Wildman–Crippen LogP) is 4.51. The number of carbonyl (C=O) groups excluding carboxylic acids is 2. The molecule has 0 unspecified atom stereocenters. The molecular formula is C20H20ClN3O2S. The monoisotopic (exact) mass is 401 g/mol. The van der Waals surface area contributed by atoms with Crippen LogP contribution in [-0.2, 0) is 9.59 Å². The molecule has 3 rings (SSSR count). The Kier molecular flexibility index (Phi) is 5.87. The number of hydrogen-bond acceptors (Lipinski definition) is 4. The highest BCUT2D eigenvalue weighted by molar-refractivity contribution is 8.15. The van der Waals surface area contributed by atoms with E-state index >= 15 is 0 Å². The highest BCUT2D eigenvalue weighted by Crippen LogP contribution is 2.28. The van der Waals surface area contributed by atoms with E-state index in [1.165, 1.54) is 11.8 Å². The van der Waals surface area contributed by atoms with Crippen molar-refractivity contribution >= 4 is 51.7 Å². The van der Waals surface area contributed by atoms with Gasteiger partial charge >= 0.3 is 0 Å². The van der Waals surface area contributed by atoms with Gasteiger partial charge in [-0.3, -0.25) is 9.59 Å². The number of amides is 2. The Morgan fingerprint density at radius 1 is 1.19 bits per heavy atom. The summed E-state index contributed by atoms with van der Waals surface area (Å²) in [6, 6.07) is 11.3. The summed E-state index contributed by atoms with van der Waals surface area (Å²) in [6.45, 7) is 5.80. The maximum absolute atomic E-state index is 12.4. The minimum atomic E-state index is -0.506. The zero-order valence-corrected chi connectivity index (χ0v) is 16.9. The first kappa shape index (κ1) is 19.5. The molecule has 1 aliphatic rings. The van der Waals surface area contributed by atoms with Crippen molar-refractivity contribution in [3.8, 4) is 0 Å². The number of thioether (sulfide) groups is 1. The van der Waals surface area contributed by atoms with Crippen LogP contribution in [0, 0.1) is 20.8 Å². The van der Waals surface area contributed by atoms with Gasteiger partial charge in [-0.25, -0.2) is 4.99 Å². The van der Waals surface area contributed by atoms with Gasteiger partial charge in [-0.05, 0) is 49.6 Å². The second kappa shape index (κ2) is 8.15. The summed E-state index contributed by atoms with van der Waals surface area (Å²) in [5.41, 5.74) is 4.41. The van der Waals surface area contributed by atoms with Gasteiger partial charge < -0.3 is 10.6 Å². The number of nitrogens with zero attached hydrogens (tertiary/aromatic N) is 1. The Labute approximate surface area is 167 Å². The summed E-state index contributed by atoms with van der Waals surface area (Å²) in [5, 5.41) is 6.24. The minimum absolute atomic E-state index is 0.0813. The average molecular weight is 402 g/mol. The molecule has 1 fully saturated rings. The third-order valence-corrected chi connectivity index (χ3v) is 5.77. The molecule has 1 aliphatic heterocycles. The van der Waals surface area contributed by atoms with Crippen LogP contribution in [0.5, 0.6) is 0 Å². The first-order chi connectivity index (χ1) is 12.8. The molecule has 1 heterocycles. The van der Waals surface area contributed by atoms with Gasteiger partial charge in [0.2, 0.25) is 11.8 Å². The fourth-order valence-corrected chi connectivity index (χ4v) is 3.89. The number of halogens is 1.